The van der Waals surface area contributed by atoms with Crippen LogP contribution in [0, 0.1) is 0 Å². The lowest BCUT2D eigenvalue weighted by Gasteiger charge is -2.10. The predicted octanol–water partition coefficient (Wildman–Crippen LogP) is 2.53. The molecular weight excluding hydrogens is 364 g/mol. The molecule has 0 fully saturated rings. The highest BCUT2D eigenvalue weighted by molar-refractivity contribution is 6.01. The van der Waals surface area contributed by atoms with Gasteiger partial charge < -0.3 is 19.5 Å². The van der Waals surface area contributed by atoms with E-state index in [1.165, 1.54) is 7.11 Å². The van der Waals surface area contributed by atoms with Gasteiger partial charge in [0.25, 0.3) is 5.91 Å². The number of amides is 3. The van der Waals surface area contributed by atoms with Crippen LogP contribution in [0.25, 0.3) is 0 Å². The van der Waals surface area contributed by atoms with Gasteiger partial charge in [-0.15, -0.1) is 0 Å². The highest BCUT2D eigenvalue weighted by Crippen LogP contribution is 2.18. The summed E-state index contributed by atoms with van der Waals surface area (Å²) in [5.74, 6) is -0.243. The number of hydrogen-bond acceptors (Lipinski definition) is 6. The molecule has 2 rings (SSSR count). The lowest BCUT2D eigenvalue weighted by atomic mass is 10.1. The van der Waals surface area contributed by atoms with Crippen molar-refractivity contribution in [2.75, 3.05) is 25.6 Å². The molecule has 0 bridgehead atoms. The number of carbonyl (C=O) groups excluding carboxylic acids is 3. The zero-order valence-corrected chi connectivity index (χ0v) is 15.7. The van der Waals surface area contributed by atoms with Gasteiger partial charge in [-0.2, -0.15) is 0 Å². The molecule has 0 aliphatic heterocycles. The summed E-state index contributed by atoms with van der Waals surface area (Å²) in [5.41, 5.74) is 1.44. The Balaban J connectivity index is 1.70. The molecule has 0 saturated carbocycles. The molecule has 0 radical (unpaired) electrons. The molecule has 0 saturated heterocycles. The molecule has 2 aromatic rings. The van der Waals surface area contributed by atoms with E-state index in [9.17, 15) is 14.4 Å². The van der Waals surface area contributed by atoms with Crippen molar-refractivity contribution in [3.63, 3.8) is 0 Å². The summed E-state index contributed by atoms with van der Waals surface area (Å²) in [7, 11) is 1.53. The van der Waals surface area contributed by atoms with E-state index in [0.29, 0.717) is 17.2 Å². The lowest BCUT2D eigenvalue weighted by molar-refractivity contribution is -0.150. The first-order chi connectivity index (χ1) is 13.5. The van der Waals surface area contributed by atoms with Gasteiger partial charge in [0, 0.05) is 5.69 Å². The Morgan fingerprint density at radius 2 is 1.68 bits per heavy atom. The fraction of sp³-hybridized carbons (Fsp3) is 0.250. The Hall–Kier alpha value is -3.55. The Morgan fingerprint density at radius 3 is 2.36 bits per heavy atom. The van der Waals surface area contributed by atoms with Crippen LogP contribution in [-0.4, -0.2) is 38.2 Å². The van der Waals surface area contributed by atoms with Gasteiger partial charge in [-0.25, -0.2) is 9.59 Å². The van der Waals surface area contributed by atoms with Crippen LogP contribution in [0.5, 0.6) is 11.5 Å². The van der Waals surface area contributed by atoms with Crippen molar-refractivity contribution in [3.05, 3.63) is 54.1 Å². The Morgan fingerprint density at radius 1 is 0.964 bits per heavy atom. The fourth-order valence-electron chi connectivity index (χ4n) is 2.26. The maximum absolute atomic E-state index is 11.8. The van der Waals surface area contributed by atoms with Crippen LogP contribution in [0.15, 0.2) is 48.5 Å². The van der Waals surface area contributed by atoms with E-state index in [-0.39, 0.29) is 6.61 Å². The SMILES string of the molecule is CCc1ccccc1OCC(=O)OCC(=O)NC(=O)Nc1ccc(OC)cc1. The van der Waals surface area contributed by atoms with E-state index in [4.69, 9.17) is 14.2 Å². The topological polar surface area (TPSA) is 103 Å². The van der Waals surface area contributed by atoms with Crippen LogP contribution in [0.4, 0.5) is 10.5 Å². The zero-order valence-electron chi connectivity index (χ0n) is 15.7. The molecule has 0 atom stereocenters. The summed E-state index contributed by atoms with van der Waals surface area (Å²) in [5, 5.41) is 4.55. The van der Waals surface area contributed by atoms with Gasteiger partial charge >= 0.3 is 12.0 Å². The molecule has 2 aromatic carbocycles. The number of nitrogens with one attached hydrogen (secondary N) is 2. The van der Waals surface area contributed by atoms with Crippen molar-refractivity contribution in [2.45, 2.75) is 13.3 Å². The van der Waals surface area contributed by atoms with Crippen molar-refractivity contribution in [1.29, 1.82) is 0 Å². The Labute approximate surface area is 162 Å². The Kier molecular flexibility index (Phi) is 7.83. The van der Waals surface area contributed by atoms with Crippen molar-refractivity contribution in [2.24, 2.45) is 0 Å². The minimum Gasteiger partial charge on any atom is -0.497 e. The maximum atomic E-state index is 11.8. The largest absolute Gasteiger partial charge is 0.497 e. The van der Waals surface area contributed by atoms with Crippen LogP contribution in [-0.2, 0) is 20.7 Å². The maximum Gasteiger partial charge on any atom is 0.344 e. The molecule has 0 aromatic heterocycles. The molecule has 3 amide bonds. The minimum absolute atomic E-state index is 0.331. The third-order valence-electron chi connectivity index (χ3n) is 3.66. The second-order valence-electron chi connectivity index (χ2n) is 5.64. The number of esters is 1. The van der Waals surface area contributed by atoms with Gasteiger partial charge in [-0.1, -0.05) is 25.1 Å². The average molecular weight is 386 g/mol. The first-order valence-electron chi connectivity index (χ1n) is 8.63. The zero-order chi connectivity index (χ0) is 20.4. The summed E-state index contributed by atoms with van der Waals surface area (Å²) in [6.45, 7) is 1.05. The molecule has 0 unspecified atom stereocenters. The van der Waals surface area contributed by atoms with E-state index in [0.717, 1.165) is 12.0 Å². The van der Waals surface area contributed by atoms with Crippen LogP contribution >= 0.6 is 0 Å². The molecule has 148 valence electrons. The molecule has 28 heavy (non-hydrogen) atoms. The molecule has 0 aliphatic carbocycles. The number of anilines is 1. The van der Waals surface area contributed by atoms with Crippen LogP contribution in [0.3, 0.4) is 0 Å². The van der Waals surface area contributed by atoms with Crippen LogP contribution in [0.1, 0.15) is 12.5 Å². The molecule has 0 heterocycles. The third-order valence-corrected chi connectivity index (χ3v) is 3.66. The number of imide groups is 1. The van der Waals surface area contributed by atoms with Crippen molar-refractivity contribution >= 4 is 23.6 Å². The fourth-order valence-corrected chi connectivity index (χ4v) is 2.26. The first-order valence-corrected chi connectivity index (χ1v) is 8.63. The van der Waals surface area contributed by atoms with Crippen molar-refractivity contribution in [3.8, 4) is 11.5 Å². The van der Waals surface area contributed by atoms with Gasteiger partial charge in [0.2, 0.25) is 0 Å². The van der Waals surface area contributed by atoms with Crippen molar-refractivity contribution < 1.29 is 28.6 Å². The van der Waals surface area contributed by atoms with Crippen molar-refractivity contribution in [1.82, 2.24) is 5.32 Å². The number of urea groups is 1. The Bertz CT molecular complexity index is 820. The van der Waals surface area contributed by atoms with Gasteiger partial charge in [-0.3, -0.25) is 10.1 Å². The summed E-state index contributed by atoms with van der Waals surface area (Å²) in [6.07, 6.45) is 0.761. The smallest absolute Gasteiger partial charge is 0.344 e. The number of benzene rings is 2. The third kappa shape index (κ3) is 6.64. The molecular formula is C20H22N2O6. The molecule has 8 nitrogen and oxygen atoms in total. The monoisotopic (exact) mass is 386 g/mol. The van der Waals surface area contributed by atoms with Crippen LogP contribution < -0.4 is 20.1 Å². The first kappa shape index (κ1) is 20.8. The van der Waals surface area contributed by atoms with E-state index < -0.39 is 24.5 Å². The van der Waals surface area contributed by atoms with Gasteiger partial charge in [0.1, 0.15) is 11.5 Å². The van der Waals surface area contributed by atoms with Gasteiger partial charge in [0.05, 0.1) is 7.11 Å². The number of para-hydroxylation sites is 1. The number of aryl methyl sites for hydroxylation is 1. The predicted molar refractivity (Wildman–Crippen MR) is 102 cm³/mol. The summed E-state index contributed by atoms with van der Waals surface area (Å²) in [6, 6.07) is 13.2. The second-order valence-corrected chi connectivity index (χ2v) is 5.64. The lowest BCUT2D eigenvalue weighted by Crippen LogP contribution is -2.37. The minimum atomic E-state index is -0.756. The average Bonchev–Trinajstić information content (AvgIpc) is 2.71. The normalized spacial score (nSPS) is 9.93. The standard InChI is InChI=1S/C20H22N2O6/c1-3-14-6-4-5-7-17(14)27-13-19(24)28-12-18(23)22-20(25)21-15-8-10-16(26-2)11-9-15/h4-11H,3,12-13H2,1-2H3,(H2,21,22,23,25). The second kappa shape index (κ2) is 10.6. The van der Waals surface area contributed by atoms with Gasteiger partial charge in [-0.05, 0) is 42.3 Å². The number of methoxy groups -OCH3 is 1. The van der Waals surface area contributed by atoms with E-state index >= 15 is 0 Å². The van der Waals surface area contributed by atoms with Gasteiger partial charge in [0.15, 0.2) is 13.2 Å². The number of hydrogen-bond donors (Lipinski definition) is 2. The number of rotatable bonds is 8. The van der Waals surface area contributed by atoms with Crippen LogP contribution in [0.2, 0.25) is 0 Å². The van der Waals surface area contributed by atoms with E-state index in [1.807, 2.05) is 19.1 Å². The highest BCUT2D eigenvalue weighted by Gasteiger charge is 2.12. The number of ether oxygens (including phenoxy) is 3. The molecule has 2 N–H and O–H groups in total. The number of carbonyl (C=O) groups is 3. The molecule has 0 spiro atoms. The molecule has 8 heteroatoms. The van der Waals surface area contributed by atoms with E-state index in [2.05, 4.69) is 10.6 Å². The quantitative estimate of drug-likeness (QED) is 0.676. The summed E-state index contributed by atoms with van der Waals surface area (Å²) < 4.78 is 15.2. The highest BCUT2D eigenvalue weighted by atomic mass is 16.6. The summed E-state index contributed by atoms with van der Waals surface area (Å²) >= 11 is 0. The van der Waals surface area contributed by atoms with E-state index in [1.54, 1.807) is 36.4 Å². The summed E-state index contributed by atoms with van der Waals surface area (Å²) in [4.78, 5) is 35.2. The molecule has 0 aliphatic rings.